The second-order valence-electron chi connectivity index (χ2n) is 7.30. The molecule has 3 N–H and O–H groups in total. The zero-order chi connectivity index (χ0) is 25.7. The van der Waals surface area contributed by atoms with Crippen molar-refractivity contribution in [3.63, 3.8) is 0 Å². The number of aromatic amines is 1. The van der Waals surface area contributed by atoms with Gasteiger partial charge in [0, 0.05) is 26.1 Å². The number of carbonyl (C=O) groups is 2. The molecule has 192 valence electrons. The molecule has 1 unspecified atom stereocenters. The number of hydrogen-bond donors (Lipinski definition) is 3. The van der Waals surface area contributed by atoms with Crippen molar-refractivity contribution in [2.24, 2.45) is 0 Å². The minimum absolute atomic E-state index is 0.704. The van der Waals surface area contributed by atoms with Gasteiger partial charge in [-0.1, -0.05) is 0 Å². The first kappa shape index (κ1) is 27.8. The van der Waals surface area contributed by atoms with Crippen LogP contribution in [0.15, 0.2) is 21.9 Å². The summed E-state index contributed by atoms with van der Waals surface area (Å²) < 4.78 is 56.6. The topological polar surface area (TPSA) is 202 Å². The number of rotatable bonds is 11. The fourth-order valence-corrected chi connectivity index (χ4v) is 3.89. The maximum Gasteiger partial charge on any atom is 0.480 e. The average Bonchev–Trinajstić information content (AvgIpc) is 2.93. The zero-order valence-corrected chi connectivity index (χ0v) is 19.2. The molecule has 1 saturated heterocycles. The summed E-state index contributed by atoms with van der Waals surface area (Å²) in [4.78, 5) is 47.2. The van der Waals surface area contributed by atoms with Gasteiger partial charge in [-0.05, 0) is 6.92 Å². The molecule has 0 saturated carbocycles. The van der Waals surface area contributed by atoms with Crippen LogP contribution in [-0.2, 0) is 41.9 Å². The molecule has 0 radical (unpaired) electrons. The van der Waals surface area contributed by atoms with Crippen LogP contribution < -0.4 is 11.2 Å². The highest BCUT2D eigenvalue weighted by Crippen LogP contribution is 2.52. The molecule has 1 aromatic rings. The van der Waals surface area contributed by atoms with Crippen molar-refractivity contribution in [3.8, 4) is 0 Å². The Morgan fingerprint density at radius 1 is 1.21 bits per heavy atom. The molecule has 2 heterocycles. The summed E-state index contributed by atoms with van der Waals surface area (Å²) in [7, 11) is -4.73. The van der Waals surface area contributed by atoms with Gasteiger partial charge in [0.1, 0.15) is 18.4 Å². The first-order valence-corrected chi connectivity index (χ1v) is 11.0. The van der Waals surface area contributed by atoms with E-state index in [1.54, 1.807) is 0 Å². The van der Waals surface area contributed by atoms with E-state index in [1.165, 1.54) is 0 Å². The molecule has 34 heavy (non-hydrogen) atoms. The van der Waals surface area contributed by atoms with Crippen LogP contribution in [0, 0.1) is 0 Å². The van der Waals surface area contributed by atoms with E-state index in [2.05, 4.69) is 9.47 Å². The van der Waals surface area contributed by atoms with Crippen LogP contribution in [0.2, 0.25) is 0 Å². The number of H-pyrrole nitrogens is 1. The Balaban J connectivity index is 2.27. The van der Waals surface area contributed by atoms with Crippen molar-refractivity contribution >= 4 is 19.8 Å². The Kier molecular flexibility index (Phi) is 8.87. The Labute approximate surface area is 190 Å². The number of nitrogens with one attached hydrogen (secondary N) is 1. The number of ether oxygens (including phenoxy) is 3. The molecule has 1 fully saturated rings. The molecular weight excluding hydrogens is 490 g/mol. The molecule has 1 aromatic heterocycles. The normalized spacial score (nSPS) is 26.9. The van der Waals surface area contributed by atoms with E-state index in [4.69, 9.17) is 18.3 Å². The first-order chi connectivity index (χ1) is 15.8. The van der Waals surface area contributed by atoms with Crippen LogP contribution in [0.25, 0.3) is 0 Å². The highest BCUT2D eigenvalue weighted by atomic mass is 31.2. The summed E-state index contributed by atoms with van der Waals surface area (Å²) in [5, 5.41) is 21.4. The smallest absolute Gasteiger partial charge is 0.438 e. The van der Waals surface area contributed by atoms with E-state index in [-0.39, 0.29) is 0 Å². The molecule has 0 aliphatic carbocycles. The SMILES string of the molecule is CC(=O)OCOP(=O)(OCOC(C)=O)OC[C@@]1(CF)OC(n2ccc(=O)[nH]c2=O)[C@](C)(O)[C@@H]1O. The number of aliphatic hydroxyl groups excluding tert-OH is 1. The zero-order valence-electron chi connectivity index (χ0n) is 18.3. The Hall–Kier alpha value is -2.46. The number of nitrogens with zero attached hydrogens (tertiary/aromatic N) is 1. The Morgan fingerprint density at radius 2 is 1.76 bits per heavy atom. The molecule has 0 bridgehead atoms. The third kappa shape index (κ3) is 6.35. The number of alkyl halides is 1. The maximum atomic E-state index is 14.2. The highest BCUT2D eigenvalue weighted by Gasteiger charge is 2.63. The molecule has 1 aliphatic rings. The molecule has 0 amide bonds. The van der Waals surface area contributed by atoms with Gasteiger partial charge in [-0.2, -0.15) is 0 Å². The molecule has 0 spiro atoms. The first-order valence-electron chi connectivity index (χ1n) is 9.52. The second kappa shape index (κ2) is 10.9. The number of halogens is 1. The van der Waals surface area contributed by atoms with Crippen LogP contribution >= 0.6 is 7.82 Å². The Bertz CT molecular complexity index is 1030. The van der Waals surface area contributed by atoms with Crippen molar-refractivity contribution in [3.05, 3.63) is 33.1 Å². The maximum absolute atomic E-state index is 14.2. The van der Waals surface area contributed by atoms with Gasteiger partial charge >= 0.3 is 25.5 Å². The van der Waals surface area contributed by atoms with Crippen LogP contribution in [0.4, 0.5) is 4.39 Å². The molecule has 0 aromatic carbocycles. The third-order valence-electron chi connectivity index (χ3n) is 4.64. The second-order valence-corrected chi connectivity index (χ2v) is 8.97. The number of phosphoric ester groups is 1. The minimum Gasteiger partial charge on any atom is -0.438 e. The summed E-state index contributed by atoms with van der Waals surface area (Å²) in [6.45, 7) is -1.37. The van der Waals surface area contributed by atoms with Crippen molar-refractivity contribution in [2.45, 2.75) is 44.3 Å². The highest BCUT2D eigenvalue weighted by molar-refractivity contribution is 7.48. The van der Waals surface area contributed by atoms with Crippen LogP contribution in [0.1, 0.15) is 27.0 Å². The summed E-state index contributed by atoms with van der Waals surface area (Å²) in [6, 6.07) is 0.930. The van der Waals surface area contributed by atoms with E-state index in [9.17, 15) is 38.3 Å². The fourth-order valence-electron chi connectivity index (χ4n) is 2.93. The van der Waals surface area contributed by atoms with Gasteiger partial charge in [-0.15, -0.1) is 0 Å². The lowest BCUT2D eigenvalue weighted by atomic mass is 9.88. The van der Waals surface area contributed by atoms with E-state index in [0.29, 0.717) is 4.57 Å². The van der Waals surface area contributed by atoms with Gasteiger partial charge in [0.05, 0.1) is 6.61 Å². The number of phosphoric acid groups is 1. The predicted octanol–water partition coefficient (Wildman–Crippen LogP) is -0.915. The van der Waals surface area contributed by atoms with E-state index >= 15 is 0 Å². The standard InChI is InChI=1S/C17H24FN2O13P/c1-10(21)28-8-31-34(27,32-9-29-11(2)22)30-7-17(6-18)13(24)16(3,26)14(33-17)20-5-4-12(23)19-15(20)25/h4-5,13-14,24,26H,6-9H2,1-3H3,(H,19,23,25)/t13-,14?,16+,17+/m0/s1. The van der Waals surface area contributed by atoms with Gasteiger partial charge in [0.15, 0.2) is 11.8 Å². The summed E-state index contributed by atoms with van der Waals surface area (Å²) in [5.74, 6) is -1.63. The lowest BCUT2D eigenvalue weighted by Gasteiger charge is -2.31. The van der Waals surface area contributed by atoms with Crippen molar-refractivity contribution in [1.29, 1.82) is 0 Å². The monoisotopic (exact) mass is 514 g/mol. The molecule has 1 aliphatic heterocycles. The van der Waals surface area contributed by atoms with Crippen molar-refractivity contribution in [1.82, 2.24) is 9.55 Å². The van der Waals surface area contributed by atoms with Gasteiger partial charge in [-0.25, -0.2) is 22.8 Å². The van der Waals surface area contributed by atoms with Crippen LogP contribution in [0.5, 0.6) is 0 Å². The largest absolute Gasteiger partial charge is 0.480 e. The van der Waals surface area contributed by atoms with Crippen LogP contribution in [0.3, 0.4) is 0 Å². The number of esters is 2. The number of aromatic nitrogens is 2. The lowest BCUT2D eigenvalue weighted by Crippen LogP contribution is -2.53. The van der Waals surface area contributed by atoms with Gasteiger partial charge in [0.25, 0.3) is 5.56 Å². The average molecular weight is 514 g/mol. The summed E-state index contributed by atoms with van der Waals surface area (Å²) in [5.41, 5.74) is -6.50. The molecular formula is C17H24FN2O13P. The molecule has 2 rings (SSSR count). The third-order valence-corrected chi connectivity index (χ3v) is 5.93. The van der Waals surface area contributed by atoms with Gasteiger partial charge in [0.2, 0.25) is 13.6 Å². The quantitative estimate of drug-likeness (QED) is 0.186. The number of carbonyl (C=O) groups excluding carboxylic acids is 2. The summed E-state index contributed by atoms with van der Waals surface area (Å²) >= 11 is 0. The minimum atomic E-state index is -4.73. The predicted molar refractivity (Wildman–Crippen MR) is 106 cm³/mol. The van der Waals surface area contributed by atoms with Crippen molar-refractivity contribution in [2.75, 3.05) is 26.9 Å². The molecule has 15 nitrogen and oxygen atoms in total. The fraction of sp³-hybridized carbons (Fsp3) is 0.647. The van der Waals surface area contributed by atoms with Gasteiger partial charge < -0.3 is 24.4 Å². The van der Waals surface area contributed by atoms with E-state index in [1.807, 2.05) is 4.98 Å². The van der Waals surface area contributed by atoms with E-state index in [0.717, 1.165) is 33.0 Å². The lowest BCUT2D eigenvalue weighted by molar-refractivity contribution is -0.155. The van der Waals surface area contributed by atoms with Crippen LogP contribution in [-0.4, -0.2) is 75.9 Å². The Morgan fingerprint density at radius 3 is 2.24 bits per heavy atom. The number of hydrogen-bond acceptors (Lipinski definition) is 13. The van der Waals surface area contributed by atoms with Gasteiger partial charge in [-0.3, -0.25) is 28.5 Å². The summed E-state index contributed by atoms with van der Waals surface area (Å²) in [6.07, 6.45) is -2.82. The molecule has 4 atom stereocenters. The number of aliphatic hydroxyl groups is 2. The molecule has 17 heteroatoms. The van der Waals surface area contributed by atoms with E-state index < -0.39 is 81.4 Å². The van der Waals surface area contributed by atoms with Crippen molar-refractivity contribution < 1.29 is 56.5 Å².